The van der Waals surface area contributed by atoms with E-state index in [1.807, 2.05) is 0 Å². The third kappa shape index (κ3) is 4.57. The number of carbonyl (C=O) groups is 2. The van der Waals surface area contributed by atoms with Gasteiger partial charge in [0.1, 0.15) is 6.33 Å². The molecular formula is C11H19N5O3. The Balaban J connectivity index is 2.47. The van der Waals surface area contributed by atoms with E-state index in [0.29, 0.717) is 12.4 Å². The fraction of sp³-hybridized carbons (Fsp3) is 0.636. The first-order valence-corrected chi connectivity index (χ1v) is 6.04. The molecule has 0 saturated carbocycles. The minimum atomic E-state index is -0.919. The summed E-state index contributed by atoms with van der Waals surface area (Å²) in [6, 6.07) is -0.317. The number of carboxylic acids is 1. The van der Waals surface area contributed by atoms with Gasteiger partial charge >= 0.3 is 12.0 Å². The standard InChI is InChI=1S/C11H19N5O3/c1-4-16(6-8(2)10(17)18)11(19)12-5-9-13-7-15(3)14-9/h7-8H,4-6H2,1-3H3,(H,12,19)(H,17,18). The average molecular weight is 269 g/mol. The van der Waals surface area contributed by atoms with E-state index in [1.54, 1.807) is 31.9 Å². The van der Waals surface area contributed by atoms with Crippen LogP contribution in [0.15, 0.2) is 6.33 Å². The Morgan fingerprint density at radius 1 is 1.58 bits per heavy atom. The first-order chi connectivity index (χ1) is 8.93. The molecule has 1 aromatic rings. The second-order valence-corrected chi connectivity index (χ2v) is 4.27. The van der Waals surface area contributed by atoms with Gasteiger partial charge in [0.2, 0.25) is 0 Å². The van der Waals surface area contributed by atoms with Crippen molar-refractivity contribution in [1.82, 2.24) is 25.0 Å². The molecule has 1 rings (SSSR count). The summed E-state index contributed by atoms with van der Waals surface area (Å²) >= 11 is 0. The Bertz CT molecular complexity index is 445. The van der Waals surface area contributed by atoms with Crippen LogP contribution in [0.25, 0.3) is 0 Å². The summed E-state index contributed by atoms with van der Waals surface area (Å²) in [7, 11) is 1.74. The quantitative estimate of drug-likeness (QED) is 0.761. The topological polar surface area (TPSA) is 100 Å². The van der Waals surface area contributed by atoms with Crippen LogP contribution >= 0.6 is 0 Å². The van der Waals surface area contributed by atoms with Crippen molar-refractivity contribution in [3.8, 4) is 0 Å². The van der Waals surface area contributed by atoms with Crippen molar-refractivity contribution in [3.05, 3.63) is 12.2 Å². The van der Waals surface area contributed by atoms with Gasteiger partial charge in [-0.3, -0.25) is 9.48 Å². The van der Waals surface area contributed by atoms with Gasteiger partial charge < -0.3 is 15.3 Å². The molecule has 0 fully saturated rings. The van der Waals surface area contributed by atoms with Crippen molar-refractivity contribution >= 4 is 12.0 Å². The van der Waals surface area contributed by atoms with Crippen LogP contribution in [0, 0.1) is 5.92 Å². The van der Waals surface area contributed by atoms with Crippen LogP contribution < -0.4 is 5.32 Å². The molecule has 8 heteroatoms. The molecule has 0 radical (unpaired) electrons. The number of hydrogen-bond acceptors (Lipinski definition) is 4. The van der Waals surface area contributed by atoms with Crippen LogP contribution in [0.3, 0.4) is 0 Å². The summed E-state index contributed by atoms with van der Waals surface area (Å²) in [5.41, 5.74) is 0. The van der Waals surface area contributed by atoms with Gasteiger partial charge in [0.15, 0.2) is 5.82 Å². The highest BCUT2D eigenvalue weighted by Crippen LogP contribution is 2.01. The Kier molecular flexibility index (Phi) is 5.28. The third-order valence-corrected chi connectivity index (χ3v) is 2.63. The molecule has 0 spiro atoms. The molecule has 0 saturated heterocycles. The van der Waals surface area contributed by atoms with Crippen LogP contribution in [0.4, 0.5) is 4.79 Å². The van der Waals surface area contributed by atoms with Gasteiger partial charge in [0, 0.05) is 20.1 Å². The summed E-state index contributed by atoms with van der Waals surface area (Å²) in [6.07, 6.45) is 1.55. The van der Waals surface area contributed by atoms with Crippen molar-refractivity contribution in [2.24, 2.45) is 13.0 Å². The number of urea groups is 1. The van der Waals surface area contributed by atoms with E-state index >= 15 is 0 Å². The molecule has 1 unspecified atom stereocenters. The minimum Gasteiger partial charge on any atom is -0.481 e. The van der Waals surface area contributed by atoms with Crippen molar-refractivity contribution in [1.29, 1.82) is 0 Å². The predicted molar refractivity (Wildman–Crippen MR) is 67.3 cm³/mol. The number of carbonyl (C=O) groups excluding carboxylic acids is 1. The summed E-state index contributed by atoms with van der Waals surface area (Å²) in [6.45, 7) is 4.20. The average Bonchev–Trinajstić information content (AvgIpc) is 2.78. The zero-order valence-electron chi connectivity index (χ0n) is 11.3. The summed E-state index contributed by atoms with van der Waals surface area (Å²) in [5.74, 6) is -1.01. The van der Waals surface area contributed by atoms with Gasteiger partial charge in [-0.15, -0.1) is 0 Å². The molecule has 8 nitrogen and oxygen atoms in total. The second-order valence-electron chi connectivity index (χ2n) is 4.27. The molecule has 106 valence electrons. The lowest BCUT2D eigenvalue weighted by molar-refractivity contribution is -0.141. The maximum atomic E-state index is 11.9. The maximum absolute atomic E-state index is 11.9. The smallest absolute Gasteiger partial charge is 0.317 e. The highest BCUT2D eigenvalue weighted by molar-refractivity contribution is 5.75. The number of amides is 2. The van der Waals surface area contributed by atoms with Crippen LogP contribution in [0.1, 0.15) is 19.7 Å². The molecule has 0 aliphatic carbocycles. The number of rotatable bonds is 6. The van der Waals surface area contributed by atoms with Crippen LogP contribution in [-0.4, -0.2) is 49.9 Å². The molecule has 0 aliphatic heterocycles. The zero-order chi connectivity index (χ0) is 14.4. The Hall–Kier alpha value is -2.12. The third-order valence-electron chi connectivity index (χ3n) is 2.63. The SMILES string of the molecule is CCN(CC(C)C(=O)O)C(=O)NCc1ncn(C)n1. The van der Waals surface area contributed by atoms with E-state index in [1.165, 1.54) is 4.90 Å². The van der Waals surface area contributed by atoms with Gasteiger partial charge in [-0.2, -0.15) is 5.10 Å². The summed E-state index contributed by atoms with van der Waals surface area (Å²) in [4.78, 5) is 28.1. The number of nitrogens with zero attached hydrogens (tertiary/aromatic N) is 4. The van der Waals surface area contributed by atoms with Crippen molar-refractivity contribution in [2.45, 2.75) is 20.4 Å². The number of nitrogens with one attached hydrogen (secondary N) is 1. The lowest BCUT2D eigenvalue weighted by Crippen LogP contribution is -2.43. The van der Waals surface area contributed by atoms with Gasteiger partial charge in [-0.05, 0) is 6.92 Å². The lowest BCUT2D eigenvalue weighted by atomic mass is 10.2. The molecule has 0 aromatic carbocycles. The highest BCUT2D eigenvalue weighted by atomic mass is 16.4. The number of hydrogen-bond donors (Lipinski definition) is 2. The van der Waals surface area contributed by atoms with Gasteiger partial charge in [-0.1, -0.05) is 6.92 Å². The van der Waals surface area contributed by atoms with E-state index < -0.39 is 11.9 Å². The normalized spacial score (nSPS) is 11.9. The second kappa shape index (κ2) is 6.72. The van der Waals surface area contributed by atoms with Crippen LogP contribution in [-0.2, 0) is 18.4 Å². The van der Waals surface area contributed by atoms with Gasteiger partial charge in [-0.25, -0.2) is 9.78 Å². The van der Waals surface area contributed by atoms with E-state index in [-0.39, 0.29) is 19.1 Å². The Morgan fingerprint density at radius 3 is 2.74 bits per heavy atom. The Morgan fingerprint density at radius 2 is 2.26 bits per heavy atom. The predicted octanol–water partition coefficient (Wildman–Crippen LogP) is 0.0673. The number of carboxylic acid groups (broad SMARTS) is 1. The lowest BCUT2D eigenvalue weighted by Gasteiger charge is -2.22. The van der Waals surface area contributed by atoms with Crippen LogP contribution in [0.5, 0.6) is 0 Å². The molecule has 0 bridgehead atoms. The van der Waals surface area contributed by atoms with Crippen molar-refractivity contribution in [3.63, 3.8) is 0 Å². The zero-order valence-corrected chi connectivity index (χ0v) is 11.3. The fourth-order valence-electron chi connectivity index (χ4n) is 1.50. The molecule has 2 N–H and O–H groups in total. The molecule has 1 aromatic heterocycles. The van der Waals surface area contributed by atoms with Crippen molar-refractivity contribution < 1.29 is 14.7 Å². The molecule has 19 heavy (non-hydrogen) atoms. The highest BCUT2D eigenvalue weighted by Gasteiger charge is 2.19. The number of aromatic nitrogens is 3. The van der Waals surface area contributed by atoms with Gasteiger partial charge in [0.05, 0.1) is 12.5 Å². The summed E-state index contributed by atoms with van der Waals surface area (Å²) < 4.78 is 1.55. The first kappa shape index (κ1) is 14.9. The minimum absolute atomic E-state index is 0.174. The largest absolute Gasteiger partial charge is 0.481 e. The Labute approximate surface area is 111 Å². The van der Waals surface area contributed by atoms with E-state index in [2.05, 4.69) is 15.4 Å². The van der Waals surface area contributed by atoms with Crippen molar-refractivity contribution in [2.75, 3.05) is 13.1 Å². The number of aliphatic carboxylic acids is 1. The monoisotopic (exact) mass is 269 g/mol. The molecule has 2 amide bonds. The molecule has 1 heterocycles. The first-order valence-electron chi connectivity index (χ1n) is 6.04. The van der Waals surface area contributed by atoms with E-state index in [0.717, 1.165) is 0 Å². The maximum Gasteiger partial charge on any atom is 0.317 e. The summed E-state index contributed by atoms with van der Waals surface area (Å²) in [5, 5.41) is 15.5. The van der Waals surface area contributed by atoms with E-state index in [9.17, 15) is 9.59 Å². The fourth-order valence-corrected chi connectivity index (χ4v) is 1.50. The molecular weight excluding hydrogens is 250 g/mol. The van der Waals surface area contributed by atoms with Gasteiger partial charge in [0.25, 0.3) is 0 Å². The molecule has 0 aliphatic rings. The van der Waals surface area contributed by atoms with Crippen LogP contribution in [0.2, 0.25) is 0 Å². The molecule has 1 atom stereocenters. The van der Waals surface area contributed by atoms with E-state index in [4.69, 9.17) is 5.11 Å². The number of aryl methyl sites for hydroxylation is 1.